The van der Waals surface area contributed by atoms with Crippen molar-refractivity contribution in [2.75, 3.05) is 6.54 Å². The molecule has 1 heterocycles. The van der Waals surface area contributed by atoms with E-state index in [0.717, 1.165) is 23.9 Å². The molecule has 1 aromatic rings. The van der Waals surface area contributed by atoms with Crippen LogP contribution in [-0.2, 0) is 6.42 Å². The average molecular weight is 239 g/mol. The number of nitrogens with one attached hydrogen (secondary N) is 1. The molecule has 0 aromatic carbocycles. The molecule has 0 amide bonds. The highest BCUT2D eigenvalue weighted by Gasteiger charge is 2.30. The lowest BCUT2D eigenvalue weighted by molar-refractivity contribution is 0.446. The zero-order valence-corrected chi connectivity index (χ0v) is 10.5. The maximum atomic E-state index is 6.10. The largest absolute Gasteiger partial charge is 0.314 e. The fourth-order valence-corrected chi connectivity index (χ4v) is 2.40. The average Bonchev–Trinajstić information content (AvgIpc) is 3.10. The third kappa shape index (κ3) is 3.19. The molecular weight excluding hydrogens is 220 g/mol. The summed E-state index contributed by atoms with van der Waals surface area (Å²) in [5.41, 5.74) is 1.22. The monoisotopic (exact) mass is 238 g/mol. The smallest absolute Gasteiger partial charge is 0.0621 e. The van der Waals surface area contributed by atoms with Crippen molar-refractivity contribution >= 4 is 11.6 Å². The fourth-order valence-electron chi connectivity index (χ4n) is 2.18. The van der Waals surface area contributed by atoms with Crippen molar-refractivity contribution in [3.63, 3.8) is 0 Å². The number of aryl methyl sites for hydroxylation is 1. The highest BCUT2D eigenvalue weighted by molar-refractivity contribution is 6.31. The van der Waals surface area contributed by atoms with Gasteiger partial charge in [-0.15, -0.1) is 0 Å². The molecule has 0 radical (unpaired) electrons. The summed E-state index contributed by atoms with van der Waals surface area (Å²) >= 11 is 6.10. The predicted octanol–water partition coefficient (Wildman–Crippen LogP) is 3.06. The van der Waals surface area contributed by atoms with E-state index >= 15 is 0 Å². The van der Waals surface area contributed by atoms with Gasteiger partial charge in [0.15, 0.2) is 0 Å². The third-order valence-electron chi connectivity index (χ3n) is 3.24. The van der Waals surface area contributed by atoms with Gasteiger partial charge < -0.3 is 5.32 Å². The number of rotatable bonds is 6. The Labute approximate surface area is 102 Å². The molecule has 16 heavy (non-hydrogen) atoms. The Hall–Kier alpha value is -0.600. The van der Waals surface area contributed by atoms with Gasteiger partial charge in [0, 0.05) is 18.4 Å². The zero-order chi connectivity index (χ0) is 11.4. The van der Waals surface area contributed by atoms with E-state index in [2.05, 4.69) is 17.2 Å². The standard InChI is InChI=1S/C13H19ClN2/c1-2-16-13(11-3-4-11)6-5-10-7-8-15-9-12(10)14/h7-9,11,13,16H,2-6H2,1H3. The quantitative estimate of drug-likeness (QED) is 0.824. The van der Waals surface area contributed by atoms with Gasteiger partial charge in [0.05, 0.1) is 5.02 Å². The Morgan fingerprint density at radius 1 is 1.56 bits per heavy atom. The van der Waals surface area contributed by atoms with Crippen molar-refractivity contribution in [3.8, 4) is 0 Å². The number of hydrogen-bond acceptors (Lipinski definition) is 2. The van der Waals surface area contributed by atoms with Gasteiger partial charge in [0.2, 0.25) is 0 Å². The number of halogens is 1. The van der Waals surface area contributed by atoms with Gasteiger partial charge in [-0.05, 0) is 49.8 Å². The second-order valence-corrected chi connectivity index (χ2v) is 4.91. The molecule has 0 bridgehead atoms. The first-order chi connectivity index (χ1) is 7.81. The molecule has 1 atom stereocenters. The van der Waals surface area contributed by atoms with Crippen LogP contribution >= 0.6 is 11.6 Å². The lowest BCUT2D eigenvalue weighted by Crippen LogP contribution is -2.31. The van der Waals surface area contributed by atoms with Crippen LogP contribution in [0.5, 0.6) is 0 Å². The van der Waals surface area contributed by atoms with E-state index in [0.29, 0.717) is 6.04 Å². The van der Waals surface area contributed by atoms with Crippen LogP contribution in [0.15, 0.2) is 18.5 Å². The second kappa shape index (κ2) is 5.65. The molecule has 88 valence electrons. The summed E-state index contributed by atoms with van der Waals surface area (Å²) in [6, 6.07) is 2.70. The van der Waals surface area contributed by atoms with E-state index in [4.69, 9.17) is 11.6 Å². The van der Waals surface area contributed by atoms with Crippen molar-refractivity contribution in [1.29, 1.82) is 0 Å². The van der Waals surface area contributed by atoms with Crippen LogP contribution in [0.4, 0.5) is 0 Å². The Morgan fingerprint density at radius 2 is 2.38 bits per heavy atom. The van der Waals surface area contributed by atoms with Crippen LogP contribution < -0.4 is 5.32 Å². The van der Waals surface area contributed by atoms with E-state index in [9.17, 15) is 0 Å². The number of aromatic nitrogens is 1. The number of hydrogen-bond donors (Lipinski definition) is 1. The molecule has 1 saturated carbocycles. The zero-order valence-electron chi connectivity index (χ0n) is 9.75. The lowest BCUT2D eigenvalue weighted by Gasteiger charge is -2.17. The number of pyridine rings is 1. The SMILES string of the molecule is CCNC(CCc1ccncc1Cl)C1CC1. The molecule has 1 fully saturated rings. The van der Waals surface area contributed by atoms with Gasteiger partial charge in [0.1, 0.15) is 0 Å². The Balaban J connectivity index is 1.87. The summed E-state index contributed by atoms with van der Waals surface area (Å²) in [4.78, 5) is 4.01. The van der Waals surface area contributed by atoms with Crippen molar-refractivity contribution in [2.24, 2.45) is 5.92 Å². The van der Waals surface area contributed by atoms with Gasteiger partial charge in [-0.25, -0.2) is 0 Å². The molecule has 0 aliphatic heterocycles. The topological polar surface area (TPSA) is 24.9 Å². The van der Waals surface area contributed by atoms with Gasteiger partial charge >= 0.3 is 0 Å². The molecule has 0 spiro atoms. The van der Waals surface area contributed by atoms with E-state index in [1.54, 1.807) is 6.20 Å². The molecule has 2 nitrogen and oxygen atoms in total. The summed E-state index contributed by atoms with van der Waals surface area (Å²) in [5.74, 6) is 0.903. The minimum atomic E-state index is 0.675. The summed E-state index contributed by atoms with van der Waals surface area (Å²) in [7, 11) is 0. The van der Waals surface area contributed by atoms with E-state index in [-0.39, 0.29) is 0 Å². The maximum absolute atomic E-state index is 6.10. The van der Waals surface area contributed by atoms with Gasteiger partial charge in [0.25, 0.3) is 0 Å². The lowest BCUT2D eigenvalue weighted by atomic mass is 10.0. The fraction of sp³-hybridized carbons (Fsp3) is 0.615. The highest BCUT2D eigenvalue weighted by atomic mass is 35.5. The van der Waals surface area contributed by atoms with Gasteiger partial charge in [-0.1, -0.05) is 18.5 Å². The van der Waals surface area contributed by atoms with Crippen LogP contribution in [0.3, 0.4) is 0 Å². The molecule has 1 aromatic heterocycles. The van der Waals surface area contributed by atoms with Crippen LogP contribution in [0.1, 0.15) is 31.7 Å². The second-order valence-electron chi connectivity index (χ2n) is 4.51. The first-order valence-electron chi connectivity index (χ1n) is 6.13. The first kappa shape index (κ1) is 11.9. The van der Waals surface area contributed by atoms with Gasteiger partial charge in [-0.3, -0.25) is 4.98 Å². The minimum Gasteiger partial charge on any atom is -0.314 e. The number of nitrogens with zero attached hydrogens (tertiary/aromatic N) is 1. The molecule has 1 N–H and O–H groups in total. The van der Waals surface area contributed by atoms with Crippen molar-refractivity contribution in [1.82, 2.24) is 10.3 Å². The Bertz CT molecular complexity index is 336. The van der Waals surface area contributed by atoms with E-state index < -0.39 is 0 Å². The van der Waals surface area contributed by atoms with Gasteiger partial charge in [-0.2, -0.15) is 0 Å². The van der Waals surface area contributed by atoms with Crippen molar-refractivity contribution in [3.05, 3.63) is 29.0 Å². The van der Waals surface area contributed by atoms with Crippen molar-refractivity contribution in [2.45, 2.75) is 38.6 Å². The molecule has 1 aliphatic carbocycles. The van der Waals surface area contributed by atoms with Crippen LogP contribution in [-0.4, -0.2) is 17.6 Å². The van der Waals surface area contributed by atoms with Crippen LogP contribution in [0.2, 0.25) is 5.02 Å². The highest BCUT2D eigenvalue weighted by Crippen LogP contribution is 2.34. The minimum absolute atomic E-state index is 0.675. The summed E-state index contributed by atoms with van der Waals surface area (Å²) in [6.45, 7) is 3.24. The van der Waals surface area contributed by atoms with Crippen molar-refractivity contribution < 1.29 is 0 Å². The molecule has 2 rings (SSSR count). The molecular formula is C13H19ClN2. The molecule has 3 heteroatoms. The maximum Gasteiger partial charge on any atom is 0.0621 e. The summed E-state index contributed by atoms with van der Waals surface area (Å²) < 4.78 is 0. The molecule has 0 saturated heterocycles. The van der Waals surface area contributed by atoms with E-state index in [1.165, 1.54) is 24.8 Å². The first-order valence-corrected chi connectivity index (χ1v) is 6.50. The predicted molar refractivity (Wildman–Crippen MR) is 67.8 cm³/mol. The Kier molecular flexibility index (Phi) is 4.19. The molecule has 1 unspecified atom stereocenters. The van der Waals surface area contributed by atoms with Crippen LogP contribution in [0, 0.1) is 5.92 Å². The third-order valence-corrected chi connectivity index (χ3v) is 3.58. The van der Waals surface area contributed by atoms with Crippen LogP contribution in [0.25, 0.3) is 0 Å². The normalized spacial score (nSPS) is 17.4. The summed E-state index contributed by atoms with van der Waals surface area (Å²) in [5, 5.41) is 4.38. The van der Waals surface area contributed by atoms with E-state index in [1.807, 2.05) is 12.3 Å². The molecule has 1 aliphatic rings. The Morgan fingerprint density at radius 3 is 3.00 bits per heavy atom. The summed E-state index contributed by atoms with van der Waals surface area (Å²) in [6.07, 6.45) is 8.57.